The van der Waals surface area contributed by atoms with Gasteiger partial charge in [-0.15, -0.1) is 0 Å². The van der Waals surface area contributed by atoms with Gasteiger partial charge in [0.15, 0.2) is 0 Å². The molecule has 0 saturated carbocycles. The summed E-state index contributed by atoms with van der Waals surface area (Å²) in [7, 11) is 0. The largest absolute Gasteiger partial charge is 0.288 e. The van der Waals surface area contributed by atoms with E-state index in [9.17, 15) is 14.9 Å². The van der Waals surface area contributed by atoms with Gasteiger partial charge < -0.3 is 0 Å². The third-order valence-electron chi connectivity index (χ3n) is 2.38. The molecule has 2 rings (SSSR count). The normalized spacial score (nSPS) is 15.1. The van der Waals surface area contributed by atoms with E-state index < -0.39 is 4.92 Å². The first-order valence-electron chi connectivity index (χ1n) is 4.87. The molecule has 0 spiro atoms. The van der Waals surface area contributed by atoms with Crippen LogP contribution in [0.5, 0.6) is 0 Å². The predicted octanol–water partition coefficient (Wildman–Crippen LogP) is 1.86. The summed E-state index contributed by atoms with van der Waals surface area (Å²) in [6, 6.07) is 4.46. The van der Waals surface area contributed by atoms with Crippen LogP contribution in [0, 0.1) is 10.1 Å². The number of benzene rings is 1. The van der Waals surface area contributed by atoms with Crippen molar-refractivity contribution in [3.63, 3.8) is 0 Å². The molecule has 1 aliphatic heterocycles. The van der Waals surface area contributed by atoms with E-state index in [1.54, 1.807) is 6.07 Å². The van der Waals surface area contributed by atoms with E-state index in [1.165, 1.54) is 12.1 Å². The number of halogens is 1. The fourth-order valence-corrected chi connectivity index (χ4v) is 1.70. The molecule has 0 bridgehead atoms. The zero-order chi connectivity index (χ0) is 12.4. The summed E-state index contributed by atoms with van der Waals surface area (Å²) in [6.07, 6.45) is 0.792. The standard InChI is InChI=1S/C10H8ClN3O3/c11-7-2-1-6(5-9(7)14(16)17)8-3-4-10(15)13-12-8/h1-2,5H,3-4H2,(H,13,15). The summed E-state index contributed by atoms with van der Waals surface area (Å²) in [6.45, 7) is 0. The highest BCUT2D eigenvalue weighted by Gasteiger charge is 2.18. The van der Waals surface area contributed by atoms with Gasteiger partial charge in [-0.2, -0.15) is 5.10 Å². The Balaban J connectivity index is 2.37. The van der Waals surface area contributed by atoms with Crippen LogP contribution >= 0.6 is 11.6 Å². The van der Waals surface area contributed by atoms with Gasteiger partial charge in [0.25, 0.3) is 5.69 Å². The Bertz CT molecular complexity index is 528. The molecule has 0 aromatic heterocycles. The zero-order valence-electron chi connectivity index (χ0n) is 8.64. The number of nitro groups is 1. The summed E-state index contributed by atoms with van der Waals surface area (Å²) in [4.78, 5) is 21.1. The van der Waals surface area contributed by atoms with Gasteiger partial charge in [0.05, 0.1) is 10.6 Å². The van der Waals surface area contributed by atoms with E-state index in [2.05, 4.69) is 10.5 Å². The summed E-state index contributed by atoms with van der Waals surface area (Å²) in [5.74, 6) is -0.155. The van der Waals surface area contributed by atoms with Gasteiger partial charge >= 0.3 is 0 Å². The Hall–Kier alpha value is -1.95. The molecular weight excluding hydrogens is 246 g/mol. The summed E-state index contributed by atoms with van der Waals surface area (Å²) in [5, 5.41) is 14.7. The van der Waals surface area contributed by atoms with E-state index >= 15 is 0 Å². The molecule has 1 aromatic carbocycles. The molecule has 1 aromatic rings. The number of carbonyl (C=O) groups is 1. The Kier molecular flexibility index (Phi) is 3.06. The van der Waals surface area contributed by atoms with Crippen molar-refractivity contribution in [2.45, 2.75) is 12.8 Å². The quantitative estimate of drug-likeness (QED) is 0.645. The van der Waals surface area contributed by atoms with Gasteiger partial charge in [0, 0.05) is 24.5 Å². The molecule has 1 heterocycles. The second-order valence-corrected chi connectivity index (χ2v) is 3.92. The van der Waals surface area contributed by atoms with Crippen molar-refractivity contribution < 1.29 is 9.72 Å². The van der Waals surface area contributed by atoms with Crippen LogP contribution in [0.25, 0.3) is 0 Å². The number of amides is 1. The van der Waals surface area contributed by atoms with Crippen LogP contribution in [0.2, 0.25) is 5.02 Å². The van der Waals surface area contributed by atoms with Crippen LogP contribution in [-0.4, -0.2) is 16.5 Å². The molecule has 7 heteroatoms. The second-order valence-electron chi connectivity index (χ2n) is 3.52. The number of nitrogens with zero attached hydrogens (tertiary/aromatic N) is 2. The van der Waals surface area contributed by atoms with Crippen molar-refractivity contribution in [3.8, 4) is 0 Å². The Morgan fingerprint density at radius 2 is 2.18 bits per heavy atom. The van der Waals surface area contributed by atoms with Crippen molar-refractivity contribution in [2.75, 3.05) is 0 Å². The highest BCUT2D eigenvalue weighted by atomic mass is 35.5. The Labute approximate surface area is 101 Å². The fourth-order valence-electron chi connectivity index (χ4n) is 1.51. The Morgan fingerprint density at radius 3 is 2.76 bits per heavy atom. The molecular formula is C10H8ClN3O3. The number of rotatable bonds is 2. The first-order valence-corrected chi connectivity index (χ1v) is 5.25. The van der Waals surface area contributed by atoms with Gasteiger partial charge in [-0.25, -0.2) is 5.43 Å². The first-order chi connectivity index (χ1) is 8.08. The van der Waals surface area contributed by atoms with Crippen molar-refractivity contribution in [1.29, 1.82) is 0 Å². The maximum absolute atomic E-state index is 10.9. The lowest BCUT2D eigenvalue weighted by atomic mass is 10.0. The SMILES string of the molecule is O=C1CCC(c2ccc(Cl)c([N+](=O)[O-])c2)=NN1. The van der Waals surface area contributed by atoms with E-state index in [0.29, 0.717) is 24.1 Å². The van der Waals surface area contributed by atoms with Crippen molar-refractivity contribution in [2.24, 2.45) is 5.10 Å². The second kappa shape index (κ2) is 4.50. The van der Waals surface area contributed by atoms with Crippen LogP contribution < -0.4 is 5.43 Å². The molecule has 1 aliphatic rings. The van der Waals surface area contributed by atoms with Crippen LogP contribution in [0.1, 0.15) is 18.4 Å². The van der Waals surface area contributed by atoms with Gasteiger partial charge in [0.1, 0.15) is 5.02 Å². The van der Waals surface area contributed by atoms with Gasteiger partial charge in [0.2, 0.25) is 5.91 Å². The molecule has 0 radical (unpaired) electrons. The third-order valence-corrected chi connectivity index (χ3v) is 2.70. The highest BCUT2D eigenvalue weighted by Crippen LogP contribution is 2.26. The monoisotopic (exact) mass is 253 g/mol. The minimum atomic E-state index is -0.548. The van der Waals surface area contributed by atoms with Crippen molar-refractivity contribution in [1.82, 2.24) is 5.43 Å². The fraction of sp³-hybridized carbons (Fsp3) is 0.200. The third kappa shape index (κ3) is 2.42. The van der Waals surface area contributed by atoms with Gasteiger partial charge in [-0.05, 0) is 6.07 Å². The lowest BCUT2D eigenvalue weighted by molar-refractivity contribution is -0.384. The molecule has 1 amide bonds. The first kappa shape index (κ1) is 11.5. The molecule has 17 heavy (non-hydrogen) atoms. The number of nitrogens with one attached hydrogen (secondary N) is 1. The van der Waals surface area contributed by atoms with Gasteiger partial charge in [-0.3, -0.25) is 14.9 Å². The van der Waals surface area contributed by atoms with E-state index in [4.69, 9.17) is 11.6 Å². The zero-order valence-corrected chi connectivity index (χ0v) is 9.40. The number of hydrazone groups is 1. The lowest BCUT2D eigenvalue weighted by Crippen LogP contribution is -2.25. The van der Waals surface area contributed by atoms with Crippen LogP contribution in [-0.2, 0) is 4.79 Å². The number of hydrogen-bond donors (Lipinski definition) is 1. The average Bonchev–Trinajstić information content (AvgIpc) is 2.30. The molecule has 0 atom stereocenters. The van der Waals surface area contributed by atoms with Crippen LogP contribution in [0.15, 0.2) is 23.3 Å². The topological polar surface area (TPSA) is 84.6 Å². The molecule has 88 valence electrons. The van der Waals surface area contributed by atoms with E-state index in [1.807, 2.05) is 0 Å². The van der Waals surface area contributed by atoms with Crippen molar-refractivity contribution in [3.05, 3.63) is 38.9 Å². The van der Waals surface area contributed by atoms with E-state index in [-0.39, 0.29) is 16.6 Å². The molecule has 6 nitrogen and oxygen atoms in total. The maximum Gasteiger partial charge on any atom is 0.288 e. The highest BCUT2D eigenvalue weighted by molar-refractivity contribution is 6.32. The smallest absolute Gasteiger partial charge is 0.273 e. The minimum Gasteiger partial charge on any atom is -0.273 e. The number of carbonyl (C=O) groups excluding carboxylic acids is 1. The maximum atomic E-state index is 10.9. The molecule has 0 unspecified atom stereocenters. The molecule has 1 N–H and O–H groups in total. The summed E-state index contributed by atoms with van der Waals surface area (Å²) >= 11 is 5.70. The summed E-state index contributed by atoms with van der Waals surface area (Å²) < 4.78 is 0. The minimum absolute atomic E-state index is 0.0826. The lowest BCUT2D eigenvalue weighted by Gasteiger charge is -2.11. The van der Waals surface area contributed by atoms with E-state index in [0.717, 1.165) is 0 Å². The van der Waals surface area contributed by atoms with Crippen LogP contribution in [0.4, 0.5) is 5.69 Å². The van der Waals surface area contributed by atoms with Gasteiger partial charge in [-0.1, -0.05) is 17.7 Å². The molecule has 0 aliphatic carbocycles. The Morgan fingerprint density at radius 1 is 1.41 bits per heavy atom. The molecule has 0 saturated heterocycles. The van der Waals surface area contributed by atoms with Crippen LogP contribution in [0.3, 0.4) is 0 Å². The number of nitro benzene ring substituents is 1. The number of hydrogen-bond acceptors (Lipinski definition) is 4. The summed E-state index contributed by atoms with van der Waals surface area (Å²) in [5.41, 5.74) is 3.39. The predicted molar refractivity (Wildman–Crippen MR) is 62.0 cm³/mol. The van der Waals surface area contributed by atoms with Crippen molar-refractivity contribution >= 4 is 28.9 Å². The average molecular weight is 254 g/mol. The molecule has 0 fully saturated rings.